The van der Waals surface area contributed by atoms with Crippen LogP contribution in [0.3, 0.4) is 0 Å². The molecule has 4 aliphatic rings. The zero-order valence-electron chi connectivity index (χ0n) is 24.6. The van der Waals surface area contributed by atoms with Crippen molar-refractivity contribution < 1.29 is 19.0 Å². The second kappa shape index (κ2) is 10.5. The van der Waals surface area contributed by atoms with E-state index in [2.05, 4.69) is 31.7 Å². The zero-order valence-corrected chi connectivity index (χ0v) is 25.4. The average Bonchev–Trinajstić information content (AvgIpc) is 3.28. The number of carbonyl (C=O) groups is 1. The molecule has 0 N–H and O–H groups in total. The first-order valence-electron chi connectivity index (χ1n) is 15.1. The van der Waals surface area contributed by atoms with Gasteiger partial charge in [-0.1, -0.05) is 32.4 Å². The molecular weight excluding hydrogens is 522 g/mol. The number of rotatable bonds is 6. The van der Waals surface area contributed by atoms with Gasteiger partial charge in [0.05, 0.1) is 20.3 Å². The summed E-state index contributed by atoms with van der Waals surface area (Å²) < 4.78 is 17.7. The fourth-order valence-corrected chi connectivity index (χ4v) is 9.59. The van der Waals surface area contributed by atoms with Crippen molar-refractivity contribution in [2.24, 2.45) is 34.5 Å². The molecule has 3 saturated carbocycles. The lowest BCUT2D eigenvalue weighted by Crippen LogP contribution is -2.63. The minimum Gasteiger partial charge on any atom is -0.497 e. The lowest BCUT2D eigenvalue weighted by molar-refractivity contribution is -0.169. The molecule has 0 radical (unpaired) electrons. The van der Waals surface area contributed by atoms with Crippen LogP contribution in [-0.2, 0) is 11.3 Å². The summed E-state index contributed by atoms with van der Waals surface area (Å²) in [4.78, 5) is 15.7. The number of carbonyl (C=O) groups excluding carboxylic acids is 1. The van der Waals surface area contributed by atoms with Gasteiger partial charge in [0.25, 0.3) is 0 Å². The van der Waals surface area contributed by atoms with E-state index in [4.69, 9.17) is 25.8 Å². The Morgan fingerprint density at radius 1 is 0.975 bits per heavy atom. The van der Waals surface area contributed by atoms with Crippen LogP contribution in [0, 0.1) is 34.5 Å². The molecule has 40 heavy (non-hydrogen) atoms. The fraction of sp³-hybridized carbons (Fsp3) is 0.618. The van der Waals surface area contributed by atoms with Gasteiger partial charge in [-0.2, -0.15) is 0 Å². The standard InChI is InChI=1S/C34H44ClNO4/c1-21-16-30-34(3,15-13-31(37)36(30)20-22-6-9-25(38-4)18-29(22)39-5)27-12-14-33(2)19-26(17-28(33)32(21)27)40-24-10-7-23(35)8-11-24/h6-11,18,21,26-28,30,32H,12-17,19-20H2,1-5H3/t21?,26?,27-,28+,30?,32-,33-,34-/m1/s1. The molecule has 216 valence electrons. The molecular formula is C34H44ClNO4. The Morgan fingerprint density at radius 2 is 1.73 bits per heavy atom. The van der Waals surface area contributed by atoms with Crippen LogP contribution in [-0.4, -0.2) is 37.2 Å². The molecule has 0 bridgehead atoms. The van der Waals surface area contributed by atoms with E-state index < -0.39 is 0 Å². The van der Waals surface area contributed by atoms with Gasteiger partial charge >= 0.3 is 0 Å². The van der Waals surface area contributed by atoms with Gasteiger partial charge in [0.1, 0.15) is 17.2 Å². The van der Waals surface area contributed by atoms with Crippen molar-refractivity contribution in [3.8, 4) is 17.2 Å². The Hall–Kier alpha value is -2.40. The van der Waals surface area contributed by atoms with E-state index in [1.807, 2.05) is 36.4 Å². The minimum absolute atomic E-state index is 0.126. The molecule has 5 nitrogen and oxygen atoms in total. The monoisotopic (exact) mass is 565 g/mol. The van der Waals surface area contributed by atoms with Gasteiger partial charge in [-0.25, -0.2) is 0 Å². The van der Waals surface area contributed by atoms with Crippen molar-refractivity contribution in [3.63, 3.8) is 0 Å². The molecule has 2 aromatic rings. The molecule has 6 heteroatoms. The Morgan fingerprint density at radius 3 is 2.45 bits per heavy atom. The van der Waals surface area contributed by atoms with E-state index >= 15 is 0 Å². The van der Waals surface area contributed by atoms with Crippen LogP contribution in [0.25, 0.3) is 0 Å². The van der Waals surface area contributed by atoms with Crippen molar-refractivity contribution in [3.05, 3.63) is 53.1 Å². The Kier molecular flexibility index (Phi) is 7.26. The first-order chi connectivity index (χ1) is 19.1. The second-order valence-corrected chi connectivity index (χ2v) is 14.0. The summed E-state index contributed by atoms with van der Waals surface area (Å²) in [6.07, 6.45) is 7.68. The number of fused-ring (bicyclic) bond motifs is 5. The fourth-order valence-electron chi connectivity index (χ4n) is 9.47. The third-order valence-corrected chi connectivity index (χ3v) is 11.7. The van der Waals surface area contributed by atoms with E-state index in [9.17, 15) is 4.79 Å². The number of halogens is 1. The molecule has 1 heterocycles. The minimum atomic E-state index is 0.126. The lowest BCUT2D eigenvalue weighted by atomic mass is 9.45. The van der Waals surface area contributed by atoms with Crippen LogP contribution in [0.15, 0.2) is 42.5 Å². The highest BCUT2D eigenvalue weighted by Crippen LogP contribution is 2.66. The summed E-state index contributed by atoms with van der Waals surface area (Å²) in [5.74, 6) is 5.27. The molecule has 6 rings (SSSR count). The maximum absolute atomic E-state index is 13.5. The van der Waals surface area contributed by atoms with Crippen molar-refractivity contribution in [1.82, 2.24) is 4.90 Å². The van der Waals surface area contributed by atoms with Gasteiger partial charge in [-0.3, -0.25) is 4.79 Å². The van der Waals surface area contributed by atoms with Crippen molar-refractivity contribution in [2.75, 3.05) is 14.2 Å². The normalized spacial score (nSPS) is 36.9. The average molecular weight is 566 g/mol. The van der Waals surface area contributed by atoms with E-state index in [0.29, 0.717) is 42.1 Å². The number of hydrogen-bond donors (Lipinski definition) is 0. The highest BCUT2D eigenvalue weighted by atomic mass is 35.5. The maximum Gasteiger partial charge on any atom is 0.223 e. The molecule has 3 aliphatic carbocycles. The Labute approximate surface area is 244 Å². The van der Waals surface area contributed by atoms with Crippen molar-refractivity contribution in [1.29, 1.82) is 0 Å². The second-order valence-electron chi connectivity index (χ2n) is 13.6. The van der Waals surface area contributed by atoms with E-state index in [1.54, 1.807) is 14.2 Å². The third-order valence-electron chi connectivity index (χ3n) is 11.4. The molecule has 1 amide bonds. The number of piperidine rings is 1. The number of nitrogens with zero attached hydrogens (tertiary/aromatic N) is 1. The number of methoxy groups -OCH3 is 2. The van der Waals surface area contributed by atoms with Crippen molar-refractivity contribution >= 4 is 17.5 Å². The molecule has 8 atom stereocenters. The van der Waals surface area contributed by atoms with Crippen LogP contribution in [0.2, 0.25) is 5.02 Å². The Bertz CT molecular complexity index is 1250. The number of likely N-dealkylation sites (tertiary alicyclic amines) is 1. The summed E-state index contributed by atoms with van der Waals surface area (Å²) >= 11 is 6.11. The van der Waals surface area contributed by atoms with Crippen LogP contribution in [0.4, 0.5) is 0 Å². The number of benzene rings is 2. The summed E-state index contributed by atoms with van der Waals surface area (Å²) in [5.41, 5.74) is 1.49. The third kappa shape index (κ3) is 4.66. The molecule has 3 unspecified atom stereocenters. The predicted molar refractivity (Wildman–Crippen MR) is 158 cm³/mol. The molecule has 4 fully saturated rings. The molecule has 2 aromatic carbocycles. The van der Waals surface area contributed by atoms with E-state index in [-0.39, 0.29) is 23.5 Å². The van der Waals surface area contributed by atoms with Crippen LogP contribution < -0.4 is 14.2 Å². The smallest absolute Gasteiger partial charge is 0.223 e. The zero-order chi connectivity index (χ0) is 28.2. The molecule has 1 saturated heterocycles. The van der Waals surface area contributed by atoms with Crippen LogP contribution in [0.5, 0.6) is 17.2 Å². The Balaban J connectivity index is 1.24. The summed E-state index contributed by atoms with van der Waals surface area (Å²) in [7, 11) is 3.36. The summed E-state index contributed by atoms with van der Waals surface area (Å²) in [5, 5.41) is 0.742. The maximum atomic E-state index is 13.5. The molecule has 1 aliphatic heterocycles. The van der Waals surface area contributed by atoms with Gasteiger partial charge in [0, 0.05) is 35.7 Å². The van der Waals surface area contributed by atoms with E-state index in [1.165, 1.54) is 12.8 Å². The summed E-state index contributed by atoms with van der Waals surface area (Å²) in [6, 6.07) is 14.0. The topological polar surface area (TPSA) is 48.0 Å². The lowest BCUT2D eigenvalue weighted by Gasteiger charge is -2.63. The number of ether oxygens (including phenoxy) is 3. The first kappa shape index (κ1) is 27.8. The van der Waals surface area contributed by atoms with Crippen LogP contribution >= 0.6 is 11.6 Å². The van der Waals surface area contributed by atoms with Gasteiger partial charge < -0.3 is 19.1 Å². The van der Waals surface area contributed by atoms with Crippen molar-refractivity contribution in [2.45, 2.75) is 84.4 Å². The molecule has 0 aromatic heterocycles. The van der Waals surface area contributed by atoms with Crippen LogP contribution in [0.1, 0.15) is 71.3 Å². The summed E-state index contributed by atoms with van der Waals surface area (Å²) in [6.45, 7) is 8.08. The SMILES string of the molecule is COc1ccc(CN2C(=O)CC[C@@]3(C)C2CC(C)[C@@H]2[C@H]3CC[C@]3(C)CC(Oc4ccc(Cl)cc4)C[C@@H]23)c(OC)c1. The van der Waals surface area contributed by atoms with E-state index in [0.717, 1.165) is 53.5 Å². The number of hydrogen-bond acceptors (Lipinski definition) is 4. The highest BCUT2D eigenvalue weighted by Gasteiger charge is 2.62. The highest BCUT2D eigenvalue weighted by molar-refractivity contribution is 6.30. The quantitative estimate of drug-likeness (QED) is 0.359. The molecule has 0 spiro atoms. The van der Waals surface area contributed by atoms with Gasteiger partial charge in [0.15, 0.2) is 0 Å². The predicted octanol–water partition coefficient (Wildman–Crippen LogP) is 7.78. The number of amides is 1. The van der Waals surface area contributed by atoms with Gasteiger partial charge in [0.2, 0.25) is 5.91 Å². The largest absolute Gasteiger partial charge is 0.497 e. The first-order valence-corrected chi connectivity index (χ1v) is 15.5. The van der Waals surface area contributed by atoms with Gasteiger partial charge in [-0.15, -0.1) is 0 Å². The van der Waals surface area contributed by atoms with Gasteiger partial charge in [-0.05, 0) is 109 Å².